The molecule has 29 heavy (non-hydrogen) atoms. The van der Waals surface area contributed by atoms with Crippen molar-refractivity contribution < 1.29 is 8.42 Å². The average molecular weight is 409 g/mol. The van der Waals surface area contributed by atoms with Gasteiger partial charge < -0.3 is 4.40 Å². The number of aryl methyl sites for hydroxylation is 1. The van der Waals surface area contributed by atoms with Crippen LogP contribution in [0.3, 0.4) is 0 Å². The number of rotatable bonds is 4. The number of hydrogen-bond acceptors (Lipinski definition) is 5. The highest BCUT2D eigenvalue weighted by molar-refractivity contribution is 7.91. The molecule has 0 saturated carbocycles. The second-order valence-corrected chi connectivity index (χ2v) is 8.53. The van der Waals surface area contributed by atoms with Gasteiger partial charge in [0.15, 0.2) is 9.84 Å². The molecule has 6 nitrogen and oxygen atoms in total. The van der Waals surface area contributed by atoms with Crippen LogP contribution in [0.25, 0.3) is 28.3 Å². The van der Waals surface area contributed by atoms with E-state index in [1.165, 1.54) is 0 Å². The summed E-state index contributed by atoms with van der Waals surface area (Å²) in [4.78, 5) is 13.5. The van der Waals surface area contributed by atoms with Gasteiger partial charge in [0.2, 0.25) is 0 Å². The normalized spacial score (nSPS) is 11.2. The van der Waals surface area contributed by atoms with Crippen LogP contribution in [0.1, 0.15) is 26.3 Å². The SMILES string of the molecule is CC.CCS(=O)(=O)c1cc(-c2ccccn2)cnc1-c1cn2ccc(C)cc2n1. The first kappa shape index (κ1) is 20.7. The number of aromatic nitrogens is 4. The molecule has 0 N–H and O–H groups in total. The highest BCUT2D eigenvalue weighted by Gasteiger charge is 2.22. The van der Waals surface area contributed by atoms with Crippen molar-refractivity contribution in [2.45, 2.75) is 32.6 Å². The molecule has 150 valence electrons. The average Bonchev–Trinajstić information content (AvgIpc) is 3.18. The van der Waals surface area contributed by atoms with Gasteiger partial charge in [0.25, 0.3) is 0 Å². The van der Waals surface area contributed by atoms with Crippen molar-refractivity contribution in [2.24, 2.45) is 0 Å². The Labute approximate surface area is 171 Å². The largest absolute Gasteiger partial charge is 0.306 e. The number of hydrogen-bond donors (Lipinski definition) is 0. The first-order valence-electron chi connectivity index (χ1n) is 9.58. The molecular formula is C22H24N4O2S. The van der Waals surface area contributed by atoms with Gasteiger partial charge in [-0.3, -0.25) is 9.97 Å². The summed E-state index contributed by atoms with van der Waals surface area (Å²) in [7, 11) is -3.49. The topological polar surface area (TPSA) is 77.2 Å². The minimum absolute atomic E-state index is 0.0141. The van der Waals surface area contributed by atoms with Gasteiger partial charge in [-0.05, 0) is 42.8 Å². The zero-order valence-electron chi connectivity index (χ0n) is 17.0. The summed E-state index contributed by atoms with van der Waals surface area (Å²) >= 11 is 0. The predicted molar refractivity (Wildman–Crippen MR) is 115 cm³/mol. The van der Waals surface area contributed by atoms with E-state index in [0.717, 1.165) is 11.2 Å². The summed E-state index contributed by atoms with van der Waals surface area (Å²) in [6.07, 6.45) is 7.01. The van der Waals surface area contributed by atoms with E-state index < -0.39 is 9.84 Å². The van der Waals surface area contributed by atoms with Crippen LogP contribution in [0.5, 0.6) is 0 Å². The summed E-state index contributed by atoms with van der Waals surface area (Å²) in [5.74, 6) is -0.0141. The van der Waals surface area contributed by atoms with Gasteiger partial charge >= 0.3 is 0 Å². The van der Waals surface area contributed by atoms with Crippen LogP contribution >= 0.6 is 0 Å². The number of nitrogens with zero attached hydrogens (tertiary/aromatic N) is 4. The maximum Gasteiger partial charge on any atom is 0.180 e. The van der Waals surface area contributed by atoms with Gasteiger partial charge in [-0.15, -0.1) is 0 Å². The van der Waals surface area contributed by atoms with E-state index in [9.17, 15) is 8.42 Å². The number of sulfone groups is 1. The molecule has 0 aromatic carbocycles. The fraction of sp³-hybridized carbons (Fsp3) is 0.227. The molecule has 0 atom stereocenters. The van der Waals surface area contributed by atoms with E-state index in [2.05, 4.69) is 15.0 Å². The van der Waals surface area contributed by atoms with Crippen molar-refractivity contribution >= 4 is 15.5 Å². The molecule has 0 spiro atoms. The van der Waals surface area contributed by atoms with Crippen LogP contribution in [-0.2, 0) is 9.84 Å². The lowest BCUT2D eigenvalue weighted by Crippen LogP contribution is -2.07. The summed E-state index contributed by atoms with van der Waals surface area (Å²) in [5.41, 5.74) is 4.05. The number of pyridine rings is 3. The molecule has 7 heteroatoms. The molecule has 0 saturated heterocycles. The van der Waals surface area contributed by atoms with Crippen LogP contribution in [0.2, 0.25) is 0 Å². The van der Waals surface area contributed by atoms with Crippen LogP contribution in [0.4, 0.5) is 0 Å². The minimum Gasteiger partial charge on any atom is -0.306 e. The Balaban J connectivity index is 0.00000117. The molecule has 4 heterocycles. The summed E-state index contributed by atoms with van der Waals surface area (Å²) < 4.78 is 27.4. The van der Waals surface area contributed by atoms with Gasteiger partial charge in [0.05, 0.1) is 16.3 Å². The van der Waals surface area contributed by atoms with Crippen molar-refractivity contribution in [1.29, 1.82) is 0 Å². The Kier molecular flexibility index (Phi) is 6.08. The van der Waals surface area contributed by atoms with E-state index in [1.807, 2.05) is 61.7 Å². The van der Waals surface area contributed by atoms with E-state index >= 15 is 0 Å². The minimum atomic E-state index is -3.49. The Morgan fingerprint density at radius 2 is 1.83 bits per heavy atom. The molecule has 0 amide bonds. The lowest BCUT2D eigenvalue weighted by atomic mass is 10.1. The second kappa shape index (κ2) is 8.53. The third kappa shape index (κ3) is 4.19. The highest BCUT2D eigenvalue weighted by atomic mass is 32.2. The quantitative estimate of drug-likeness (QED) is 0.494. The van der Waals surface area contributed by atoms with E-state index in [-0.39, 0.29) is 10.6 Å². The molecule has 0 radical (unpaired) electrons. The fourth-order valence-corrected chi connectivity index (χ4v) is 3.97. The van der Waals surface area contributed by atoms with Crippen LogP contribution < -0.4 is 0 Å². The van der Waals surface area contributed by atoms with Crippen molar-refractivity contribution in [3.05, 3.63) is 66.7 Å². The molecule has 0 bridgehead atoms. The Bertz CT molecular complexity index is 1230. The first-order valence-corrected chi connectivity index (χ1v) is 11.2. The van der Waals surface area contributed by atoms with Crippen molar-refractivity contribution in [1.82, 2.24) is 19.4 Å². The maximum absolute atomic E-state index is 12.8. The maximum atomic E-state index is 12.8. The molecule has 0 aliphatic rings. The van der Waals surface area contributed by atoms with Gasteiger partial charge in [-0.1, -0.05) is 26.8 Å². The second-order valence-electron chi connectivity index (χ2n) is 6.28. The first-order chi connectivity index (χ1) is 14.0. The van der Waals surface area contributed by atoms with E-state index in [0.29, 0.717) is 22.6 Å². The van der Waals surface area contributed by atoms with E-state index in [4.69, 9.17) is 0 Å². The Morgan fingerprint density at radius 3 is 2.52 bits per heavy atom. The third-order valence-corrected chi connectivity index (χ3v) is 6.13. The molecule has 4 aromatic heterocycles. The Hall–Kier alpha value is -3.06. The summed E-state index contributed by atoms with van der Waals surface area (Å²) in [6, 6.07) is 11.0. The standard InChI is InChI=1S/C20H18N4O2S.C2H6/c1-3-27(25,26)18-11-15(16-6-4-5-8-21-16)12-22-20(18)17-13-24-9-7-14(2)10-19(24)23-17;1-2/h4-13H,3H2,1-2H3;1-2H3. The molecule has 0 unspecified atom stereocenters. The molecule has 0 aliphatic carbocycles. The summed E-state index contributed by atoms with van der Waals surface area (Å²) in [5, 5.41) is 0. The van der Waals surface area contributed by atoms with Gasteiger partial charge in [-0.2, -0.15) is 0 Å². The number of fused-ring (bicyclic) bond motifs is 1. The Morgan fingerprint density at radius 1 is 1.03 bits per heavy atom. The van der Waals surface area contributed by atoms with Crippen molar-refractivity contribution in [2.75, 3.05) is 5.75 Å². The zero-order valence-corrected chi connectivity index (χ0v) is 17.8. The van der Waals surface area contributed by atoms with Crippen molar-refractivity contribution in [3.8, 4) is 22.6 Å². The monoisotopic (exact) mass is 408 g/mol. The van der Waals surface area contributed by atoms with Crippen LogP contribution in [-0.4, -0.2) is 33.5 Å². The van der Waals surface area contributed by atoms with Gasteiger partial charge in [-0.25, -0.2) is 13.4 Å². The fourth-order valence-electron chi connectivity index (χ4n) is 2.90. The van der Waals surface area contributed by atoms with Gasteiger partial charge in [0.1, 0.15) is 17.0 Å². The molecule has 4 aromatic rings. The smallest absolute Gasteiger partial charge is 0.180 e. The predicted octanol–water partition coefficient (Wildman–Crippen LogP) is 4.59. The molecule has 4 rings (SSSR count). The molecular weight excluding hydrogens is 384 g/mol. The lowest BCUT2D eigenvalue weighted by Gasteiger charge is -2.09. The number of imidazole rings is 1. The van der Waals surface area contributed by atoms with Crippen LogP contribution in [0, 0.1) is 6.92 Å². The molecule has 0 fully saturated rings. The lowest BCUT2D eigenvalue weighted by molar-refractivity contribution is 0.597. The van der Waals surface area contributed by atoms with Gasteiger partial charge in [0, 0.05) is 30.4 Å². The zero-order chi connectivity index (χ0) is 21.0. The molecule has 0 aliphatic heterocycles. The highest BCUT2D eigenvalue weighted by Crippen LogP contribution is 2.29. The van der Waals surface area contributed by atoms with Crippen molar-refractivity contribution in [3.63, 3.8) is 0 Å². The third-order valence-electron chi connectivity index (χ3n) is 4.39. The van der Waals surface area contributed by atoms with Crippen LogP contribution in [0.15, 0.2) is 66.1 Å². The van der Waals surface area contributed by atoms with E-state index in [1.54, 1.807) is 31.6 Å². The summed E-state index contributed by atoms with van der Waals surface area (Å²) in [6.45, 7) is 7.61.